The Kier molecular flexibility index (Phi) is 6.55. The number of imide groups is 2. The third kappa shape index (κ3) is 4.64. The number of aryl methyl sites for hydroxylation is 1. The highest BCUT2D eigenvalue weighted by molar-refractivity contribution is 6.10. The van der Waals surface area contributed by atoms with Crippen molar-refractivity contribution in [2.45, 2.75) is 45.6 Å². The second-order valence-electron chi connectivity index (χ2n) is 6.70. The number of amides is 6. The van der Waals surface area contributed by atoms with Gasteiger partial charge in [0, 0.05) is 6.54 Å². The van der Waals surface area contributed by atoms with Gasteiger partial charge in [-0.25, -0.2) is 9.59 Å². The molecule has 1 fully saturated rings. The average Bonchev–Trinajstić information content (AvgIpc) is 2.85. The predicted octanol–water partition coefficient (Wildman–Crippen LogP) is 1.64. The van der Waals surface area contributed by atoms with Crippen LogP contribution in [0.1, 0.15) is 44.7 Å². The van der Waals surface area contributed by atoms with Crippen molar-refractivity contribution < 1.29 is 19.2 Å². The molecule has 8 heteroatoms. The molecular formula is C19H26N4O4. The highest BCUT2D eigenvalue weighted by Gasteiger charge is 2.49. The Bertz CT molecular complexity index is 732. The molecule has 0 saturated carbocycles. The van der Waals surface area contributed by atoms with E-state index in [4.69, 9.17) is 0 Å². The lowest BCUT2D eigenvalue weighted by Crippen LogP contribution is -2.47. The van der Waals surface area contributed by atoms with Crippen molar-refractivity contribution in [3.8, 4) is 0 Å². The molecule has 1 atom stereocenters. The first kappa shape index (κ1) is 20.4. The number of rotatable bonds is 7. The van der Waals surface area contributed by atoms with Gasteiger partial charge in [0.05, 0.1) is 0 Å². The summed E-state index contributed by atoms with van der Waals surface area (Å²) in [6.07, 6.45) is 2.68. The van der Waals surface area contributed by atoms with Crippen LogP contribution in [0.5, 0.6) is 0 Å². The molecule has 0 aliphatic carbocycles. The van der Waals surface area contributed by atoms with Gasteiger partial charge in [-0.1, -0.05) is 44.5 Å². The van der Waals surface area contributed by atoms with E-state index in [9.17, 15) is 19.2 Å². The lowest BCUT2D eigenvalue weighted by Gasteiger charge is -2.22. The summed E-state index contributed by atoms with van der Waals surface area (Å²) in [4.78, 5) is 49.4. The molecule has 0 aromatic heterocycles. The van der Waals surface area contributed by atoms with Crippen LogP contribution in [0.4, 0.5) is 9.59 Å². The Labute approximate surface area is 158 Å². The molecule has 146 valence electrons. The van der Waals surface area contributed by atoms with Gasteiger partial charge in [0.2, 0.25) is 5.91 Å². The van der Waals surface area contributed by atoms with Crippen molar-refractivity contribution in [3.63, 3.8) is 0 Å². The molecule has 1 heterocycles. The number of nitrogens with zero attached hydrogens (tertiary/aromatic N) is 1. The number of carbonyl (C=O) groups excluding carboxylic acids is 4. The van der Waals surface area contributed by atoms with E-state index in [2.05, 4.69) is 22.9 Å². The van der Waals surface area contributed by atoms with Gasteiger partial charge in [-0.3, -0.25) is 19.8 Å². The third-order valence-corrected chi connectivity index (χ3v) is 4.44. The van der Waals surface area contributed by atoms with Crippen LogP contribution in [-0.4, -0.2) is 41.9 Å². The summed E-state index contributed by atoms with van der Waals surface area (Å²) in [6.45, 7) is 5.47. The smallest absolute Gasteiger partial charge is 0.325 e. The van der Waals surface area contributed by atoms with Crippen molar-refractivity contribution in [1.82, 2.24) is 20.9 Å². The molecule has 3 N–H and O–H groups in total. The molecule has 1 saturated heterocycles. The van der Waals surface area contributed by atoms with Crippen molar-refractivity contribution >= 4 is 23.9 Å². The summed E-state index contributed by atoms with van der Waals surface area (Å²) < 4.78 is 0. The number of hydrogen-bond acceptors (Lipinski definition) is 4. The van der Waals surface area contributed by atoms with Crippen LogP contribution >= 0.6 is 0 Å². The molecule has 0 unspecified atom stereocenters. The minimum absolute atomic E-state index is 0.425. The Morgan fingerprint density at radius 3 is 2.37 bits per heavy atom. The topological polar surface area (TPSA) is 108 Å². The molecule has 1 aliphatic rings. The summed E-state index contributed by atoms with van der Waals surface area (Å²) in [5, 5.41) is 7.25. The lowest BCUT2D eigenvalue weighted by atomic mass is 9.91. The van der Waals surface area contributed by atoms with E-state index in [1.54, 1.807) is 6.92 Å². The number of nitrogens with one attached hydrogen (secondary N) is 3. The Hall–Kier alpha value is -2.90. The van der Waals surface area contributed by atoms with Gasteiger partial charge in [-0.15, -0.1) is 0 Å². The highest BCUT2D eigenvalue weighted by Crippen LogP contribution is 2.29. The van der Waals surface area contributed by atoms with Crippen molar-refractivity contribution in [1.29, 1.82) is 0 Å². The zero-order chi connectivity index (χ0) is 20.0. The molecule has 27 heavy (non-hydrogen) atoms. The van der Waals surface area contributed by atoms with E-state index in [1.807, 2.05) is 31.2 Å². The van der Waals surface area contributed by atoms with Gasteiger partial charge in [0.1, 0.15) is 12.1 Å². The normalized spacial score (nSPS) is 19.0. The highest BCUT2D eigenvalue weighted by atomic mass is 16.2. The monoisotopic (exact) mass is 374 g/mol. The fourth-order valence-electron chi connectivity index (χ4n) is 2.92. The molecule has 8 nitrogen and oxygen atoms in total. The third-order valence-electron chi connectivity index (χ3n) is 4.44. The van der Waals surface area contributed by atoms with E-state index in [0.717, 1.165) is 29.7 Å². The molecule has 0 radical (unpaired) electrons. The quantitative estimate of drug-likeness (QED) is 0.631. The lowest BCUT2D eigenvalue weighted by molar-refractivity contribution is -0.134. The number of carbonyl (C=O) groups is 4. The molecule has 1 aromatic carbocycles. The van der Waals surface area contributed by atoms with Gasteiger partial charge < -0.3 is 10.6 Å². The summed E-state index contributed by atoms with van der Waals surface area (Å²) >= 11 is 0. The first-order chi connectivity index (χ1) is 12.8. The Morgan fingerprint density at radius 1 is 1.11 bits per heavy atom. The second kappa shape index (κ2) is 8.66. The van der Waals surface area contributed by atoms with Crippen LogP contribution < -0.4 is 16.0 Å². The number of hydrogen-bond donors (Lipinski definition) is 3. The van der Waals surface area contributed by atoms with Crippen molar-refractivity contribution in [2.24, 2.45) is 0 Å². The summed E-state index contributed by atoms with van der Waals surface area (Å²) in [5.41, 5.74) is 0.548. The number of benzene rings is 1. The first-order valence-electron chi connectivity index (χ1n) is 9.13. The van der Waals surface area contributed by atoms with E-state index in [-0.39, 0.29) is 0 Å². The molecule has 0 spiro atoms. The van der Waals surface area contributed by atoms with E-state index < -0.39 is 36.0 Å². The van der Waals surface area contributed by atoms with Gasteiger partial charge in [-0.05, 0) is 30.9 Å². The van der Waals surface area contributed by atoms with Crippen LogP contribution in [0.2, 0.25) is 0 Å². The largest absolute Gasteiger partial charge is 0.338 e. The average molecular weight is 374 g/mol. The zero-order valence-corrected chi connectivity index (χ0v) is 15.9. The van der Waals surface area contributed by atoms with E-state index in [0.29, 0.717) is 12.1 Å². The van der Waals surface area contributed by atoms with Gasteiger partial charge in [0.15, 0.2) is 0 Å². The van der Waals surface area contributed by atoms with E-state index >= 15 is 0 Å². The Balaban J connectivity index is 2.06. The summed E-state index contributed by atoms with van der Waals surface area (Å²) in [6, 6.07) is 6.16. The fraction of sp³-hybridized carbons (Fsp3) is 0.474. The SMILES string of the molecule is CCCNC(=O)NC(=O)CN1C(=O)N[C@@](C)(c2ccc(CCC)cc2)C1=O. The van der Waals surface area contributed by atoms with Gasteiger partial charge in [-0.2, -0.15) is 0 Å². The van der Waals surface area contributed by atoms with Crippen molar-refractivity contribution in [3.05, 3.63) is 35.4 Å². The molecule has 2 rings (SSSR count). The van der Waals surface area contributed by atoms with Gasteiger partial charge >= 0.3 is 12.1 Å². The minimum Gasteiger partial charge on any atom is -0.338 e. The molecular weight excluding hydrogens is 348 g/mol. The minimum atomic E-state index is -1.24. The molecule has 6 amide bonds. The summed E-state index contributed by atoms with van der Waals surface area (Å²) in [7, 11) is 0. The van der Waals surface area contributed by atoms with Crippen LogP contribution in [0.25, 0.3) is 0 Å². The number of urea groups is 2. The standard InChI is InChI=1S/C19H26N4O4/c1-4-6-13-7-9-14(10-8-13)19(3)16(25)23(18(27)22-19)12-15(24)21-17(26)20-11-5-2/h7-10H,4-6,11-12H2,1-3H3,(H,22,27)(H2,20,21,24,26)/t19-/m0/s1. The predicted molar refractivity (Wildman–Crippen MR) is 99.9 cm³/mol. The first-order valence-corrected chi connectivity index (χ1v) is 9.13. The maximum absolute atomic E-state index is 12.8. The molecule has 1 aromatic rings. The fourth-order valence-corrected chi connectivity index (χ4v) is 2.92. The Morgan fingerprint density at radius 2 is 1.78 bits per heavy atom. The van der Waals surface area contributed by atoms with Crippen molar-refractivity contribution in [2.75, 3.05) is 13.1 Å². The molecule has 0 bridgehead atoms. The molecule has 1 aliphatic heterocycles. The van der Waals surface area contributed by atoms with Crippen LogP contribution in [0, 0.1) is 0 Å². The maximum Gasteiger partial charge on any atom is 0.325 e. The van der Waals surface area contributed by atoms with E-state index in [1.165, 1.54) is 0 Å². The maximum atomic E-state index is 12.8. The zero-order valence-electron chi connectivity index (χ0n) is 15.9. The van der Waals surface area contributed by atoms with Crippen LogP contribution in [0.3, 0.4) is 0 Å². The summed E-state index contributed by atoms with van der Waals surface area (Å²) in [5.74, 6) is -1.26. The van der Waals surface area contributed by atoms with Crippen LogP contribution in [-0.2, 0) is 21.5 Å². The van der Waals surface area contributed by atoms with Crippen LogP contribution in [0.15, 0.2) is 24.3 Å². The second-order valence-corrected chi connectivity index (χ2v) is 6.70. The van der Waals surface area contributed by atoms with Gasteiger partial charge in [0.25, 0.3) is 5.91 Å².